The maximum Gasteiger partial charge on any atom is 0.230 e. The lowest BCUT2D eigenvalue weighted by Gasteiger charge is -2.03. The van der Waals surface area contributed by atoms with E-state index >= 15 is 0 Å². The number of nitrogens with one attached hydrogen (secondary N) is 1. The van der Waals surface area contributed by atoms with Crippen molar-refractivity contribution in [3.05, 3.63) is 46.3 Å². The summed E-state index contributed by atoms with van der Waals surface area (Å²) in [5.41, 5.74) is 1.39. The van der Waals surface area contributed by atoms with Crippen LogP contribution in [-0.2, 0) is 11.2 Å². The Hall–Kier alpha value is -1.62. The Balaban J connectivity index is 1.98. The Bertz CT molecular complexity index is 537. The van der Waals surface area contributed by atoms with E-state index in [0.29, 0.717) is 11.5 Å². The number of halogens is 1. The van der Waals surface area contributed by atoms with Crippen LogP contribution >= 0.6 is 15.9 Å². The standard InChI is InChI=1S/C12H11BrN2O2/c1-8-5-11(15-17-8)7-12(16)14-10-4-2-3-9(13)6-10/h2-6H,7H2,1H3,(H,14,16). The highest BCUT2D eigenvalue weighted by Crippen LogP contribution is 2.15. The zero-order chi connectivity index (χ0) is 12.3. The third-order valence-corrected chi connectivity index (χ3v) is 2.62. The summed E-state index contributed by atoms with van der Waals surface area (Å²) in [5, 5.41) is 6.56. The molecule has 1 aromatic heterocycles. The van der Waals surface area contributed by atoms with Crippen LogP contribution in [0.2, 0.25) is 0 Å². The van der Waals surface area contributed by atoms with E-state index < -0.39 is 0 Å². The molecule has 0 aliphatic carbocycles. The van der Waals surface area contributed by atoms with Gasteiger partial charge in [0, 0.05) is 16.2 Å². The fraction of sp³-hybridized carbons (Fsp3) is 0.167. The predicted molar refractivity (Wildman–Crippen MR) is 67.7 cm³/mol. The second-order valence-corrected chi connectivity index (χ2v) is 4.58. The maximum atomic E-state index is 11.7. The minimum Gasteiger partial charge on any atom is -0.361 e. The van der Waals surface area contributed by atoms with Crippen LogP contribution in [0.1, 0.15) is 11.5 Å². The molecule has 1 amide bonds. The summed E-state index contributed by atoms with van der Waals surface area (Å²) < 4.78 is 5.82. The summed E-state index contributed by atoms with van der Waals surface area (Å²) in [6.07, 6.45) is 0.212. The van der Waals surface area contributed by atoms with Gasteiger partial charge in [0.15, 0.2) is 0 Å². The fourth-order valence-corrected chi connectivity index (χ4v) is 1.84. The molecule has 0 unspecified atom stereocenters. The average Bonchev–Trinajstić information content (AvgIpc) is 2.63. The molecule has 2 aromatic rings. The van der Waals surface area contributed by atoms with Crippen LogP contribution in [0.3, 0.4) is 0 Å². The lowest BCUT2D eigenvalue weighted by atomic mass is 10.2. The van der Waals surface area contributed by atoms with Gasteiger partial charge < -0.3 is 9.84 Å². The Morgan fingerprint density at radius 2 is 2.29 bits per heavy atom. The number of hydrogen-bond donors (Lipinski definition) is 1. The molecule has 5 heteroatoms. The molecule has 17 heavy (non-hydrogen) atoms. The van der Waals surface area contributed by atoms with Crippen molar-refractivity contribution >= 4 is 27.5 Å². The highest BCUT2D eigenvalue weighted by Gasteiger charge is 2.07. The van der Waals surface area contributed by atoms with Gasteiger partial charge in [0.1, 0.15) is 5.76 Å². The third kappa shape index (κ3) is 3.42. The molecule has 4 nitrogen and oxygen atoms in total. The number of nitrogens with zero attached hydrogens (tertiary/aromatic N) is 1. The van der Waals surface area contributed by atoms with Gasteiger partial charge >= 0.3 is 0 Å². The quantitative estimate of drug-likeness (QED) is 0.947. The molecule has 0 saturated carbocycles. The highest BCUT2D eigenvalue weighted by molar-refractivity contribution is 9.10. The lowest BCUT2D eigenvalue weighted by Crippen LogP contribution is -2.14. The number of anilines is 1. The van der Waals surface area contributed by atoms with E-state index in [1.807, 2.05) is 24.3 Å². The third-order valence-electron chi connectivity index (χ3n) is 2.13. The first kappa shape index (κ1) is 11.9. The van der Waals surface area contributed by atoms with Gasteiger partial charge in [-0.1, -0.05) is 27.2 Å². The molecular weight excluding hydrogens is 284 g/mol. The molecule has 88 valence electrons. The molecule has 1 aromatic carbocycles. The molecule has 0 aliphatic heterocycles. The van der Waals surface area contributed by atoms with E-state index in [4.69, 9.17) is 4.52 Å². The minimum absolute atomic E-state index is 0.114. The molecule has 0 aliphatic rings. The number of amides is 1. The monoisotopic (exact) mass is 294 g/mol. The first-order chi connectivity index (χ1) is 8.13. The van der Waals surface area contributed by atoms with Crippen LogP contribution in [0, 0.1) is 6.92 Å². The van der Waals surface area contributed by atoms with Crippen molar-refractivity contribution in [1.29, 1.82) is 0 Å². The summed E-state index contributed by atoms with van der Waals surface area (Å²) in [6.45, 7) is 1.79. The van der Waals surface area contributed by atoms with Gasteiger partial charge in [-0.2, -0.15) is 0 Å². The van der Waals surface area contributed by atoms with Gasteiger partial charge in [-0.15, -0.1) is 0 Å². The van der Waals surface area contributed by atoms with Gasteiger partial charge in [-0.05, 0) is 25.1 Å². The molecule has 1 N–H and O–H groups in total. The molecule has 1 heterocycles. The number of carbonyl (C=O) groups excluding carboxylic acids is 1. The number of benzene rings is 1. The first-order valence-electron chi connectivity index (χ1n) is 5.11. The Kier molecular flexibility index (Phi) is 3.58. The molecule has 2 rings (SSSR count). The van der Waals surface area contributed by atoms with Crippen molar-refractivity contribution in [3.63, 3.8) is 0 Å². The van der Waals surface area contributed by atoms with Crippen LogP contribution in [0.5, 0.6) is 0 Å². The zero-order valence-corrected chi connectivity index (χ0v) is 10.8. The van der Waals surface area contributed by atoms with Gasteiger partial charge in [-0.3, -0.25) is 4.79 Å². The van der Waals surface area contributed by atoms with Gasteiger partial charge in [0.05, 0.1) is 12.1 Å². The van der Waals surface area contributed by atoms with Crippen molar-refractivity contribution in [3.8, 4) is 0 Å². The van der Waals surface area contributed by atoms with Crippen molar-refractivity contribution in [2.75, 3.05) is 5.32 Å². The number of carbonyl (C=O) groups is 1. The van der Waals surface area contributed by atoms with Crippen molar-refractivity contribution in [2.24, 2.45) is 0 Å². The van der Waals surface area contributed by atoms with Crippen LogP contribution in [0.25, 0.3) is 0 Å². The summed E-state index contributed by atoms with van der Waals surface area (Å²) in [4.78, 5) is 11.7. The van der Waals surface area contributed by atoms with E-state index in [1.165, 1.54) is 0 Å². The van der Waals surface area contributed by atoms with E-state index in [2.05, 4.69) is 26.4 Å². The van der Waals surface area contributed by atoms with Crippen LogP contribution in [0.4, 0.5) is 5.69 Å². The molecule has 0 bridgehead atoms. The Labute approximate surface area is 107 Å². The topological polar surface area (TPSA) is 55.1 Å². The smallest absolute Gasteiger partial charge is 0.230 e. The highest BCUT2D eigenvalue weighted by atomic mass is 79.9. The lowest BCUT2D eigenvalue weighted by molar-refractivity contribution is -0.115. The fourth-order valence-electron chi connectivity index (χ4n) is 1.44. The summed E-state index contributed by atoms with van der Waals surface area (Å²) in [5.74, 6) is 0.589. The van der Waals surface area contributed by atoms with Gasteiger partial charge in [0.25, 0.3) is 0 Å². The summed E-state index contributed by atoms with van der Waals surface area (Å²) in [6, 6.07) is 9.18. The molecule has 0 spiro atoms. The number of rotatable bonds is 3. The van der Waals surface area contributed by atoms with E-state index in [1.54, 1.807) is 13.0 Å². The van der Waals surface area contributed by atoms with Gasteiger partial charge in [0.2, 0.25) is 5.91 Å². The number of hydrogen-bond acceptors (Lipinski definition) is 3. The molecule has 0 saturated heterocycles. The average molecular weight is 295 g/mol. The molecule has 0 atom stereocenters. The Morgan fingerprint density at radius 3 is 2.94 bits per heavy atom. The van der Waals surface area contributed by atoms with Crippen LogP contribution < -0.4 is 5.32 Å². The van der Waals surface area contributed by atoms with E-state index in [0.717, 1.165) is 10.2 Å². The second-order valence-electron chi connectivity index (χ2n) is 3.66. The van der Waals surface area contributed by atoms with E-state index in [9.17, 15) is 4.79 Å². The molecule has 0 fully saturated rings. The first-order valence-corrected chi connectivity index (χ1v) is 5.90. The molecule has 0 radical (unpaired) electrons. The largest absolute Gasteiger partial charge is 0.361 e. The predicted octanol–water partition coefficient (Wildman–Crippen LogP) is 2.93. The number of aromatic nitrogens is 1. The zero-order valence-electron chi connectivity index (χ0n) is 9.24. The summed E-state index contributed by atoms with van der Waals surface area (Å²) in [7, 11) is 0. The maximum absolute atomic E-state index is 11.7. The normalized spacial score (nSPS) is 10.2. The van der Waals surface area contributed by atoms with E-state index in [-0.39, 0.29) is 12.3 Å². The van der Waals surface area contributed by atoms with Gasteiger partial charge in [-0.25, -0.2) is 0 Å². The number of aryl methyl sites for hydroxylation is 1. The van der Waals surface area contributed by atoms with Crippen molar-refractivity contribution < 1.29 is 9.32 Å². The SMILES string of the molecule is Cc1cc(CC(=O)Nc2cccc(Br)c2)no1. The van der Waals surface area contributed by atoms with Crippen LogP contribution in [-0.4, -0.2) is 11.1 Å². The summed E-state index contributed by atoms with van der Waals surface area (Å²) >= 11 is 3.34. The molecular formula is C12H11BrN2O2. The van der Waals surface area contributed by atoms with Crippen LogP contribution in [0.15, 0.2) is 39.3 Å². The Morgan fingerprint density at radius 1 is 1.47 bits per heavy atom. The second kappa shape index (κ2) is 5.14. The minimum atomic E-state index is -0.114. The van der Waals surface area contributed by atoms with Crippen molar-refractivity contribution in [2.45, 2.75) is 13.3 Å². The van der Waals surface area contributed by atoms with Crippen molar-refractivity contribution in [1.82, 2.24) is 5.16 Å².